The third-order valence-electron chi connectivity index (χ3n) is 2.92. The third kappa shape index (κ3) is 4.96. The van der Waals surface area contributed by atoms with Crippen LogP contribution in [0.15, 0.2) is 0 Å². The van der Waals surface area contributed by atoms with Crippen LogP contribution in [0.4, 0.5) is 0 Å². The Morgan fingerprint density at radius 2 is 1.67 bits per heavy atom. The average Bonchev–Trinajstić information content (AvgIpc) is 2.14. The quantitative estimate of drug-likeness (QED) is 0.707. The van der Waals surface area contributed by atoms with Gasteiger partial charge in [0.15, 0.2) is 0 Å². The summed E-state index contributed by atoms with van der Waals surface area (Å²) in [5.41, 5.74) is -0.0131. The van der Waals surface area contributed by atoms with Crippen molar-refractivity contribution in [3.8, 4) is 0 Å². The van der Waals surface area contributed by atoms with Crippen LogP contribution in [0.2, 0.25) is 0 Å². The molecular formula is C12H26N2O. The van der Waals surface area contributed by atoms with Crippen molar-refractivity contribution in [1.82, 2.24) is 9.80 Å². The van der Waals surface area contributed by atoms with Gasteiger partial charge < -0.3 is 9.64 Å². The molecule has 0 saturated carbocycles. The normalized spacial score (nSPS) is 23.0. The van der Waals surface area contributed by atoms with Gasteiger partial charge in [-0.25, -0.2) is 0 Å². The molecule has 1 heterocycles. The van der Waals surface area contributed by atoms with Crippen molar-refractivity contribution in [2.24, 2.45) is 0 Å². The first-order valence-electron chi connectivity index (χ1n) is 5.95. The highest BCUT2D eigenvalue weighted by Crippen LogP contribution is 2.11. The van der Waals surface area contributed by atoms with Gasteiger partial charge in [0, 0.05) is 32.2 Å². The molecule has 1 rings (SSSR count). The van der Waals surface area contributed by atoms with Crippen LogP contribution in [0.1, 0.15) is 27.7 Å². The smallest absolute Gasteiger partial charge is 0.0626 e. The van der Waals surface area contributed by atoms with E-state index in [2.05, 4.69) is 44.5 Å². The van der Waals surface area contributed by atoms with Gasteiger partial charge >= 0.3 is 0 Å². The highest BCUT2D eigenvalue weighted by molar-refractivity contribution is 4.75. The Labute approximate surface area is 94.4 Å². The maximum Gasteiger partial charge on any atom is 0.0626 e. The van der Waals surface area contributed by atoms with E-state index < -0.39 is 0 Å². The van der Waals surface area contributed by atoms with Crippen molar-refractivity contribution in [1.29, 1.82) is 0 Å². The van der Waals surface area contributed by atoms with Gasteiger partial charge in [0.25, 0.3) is 0 Å². The maximum atomic E-state index is 5.82. The van der Waals surface area contributed by atoms with Crippen molar-refractivity contribution >= 4 is 0 Å². The van der Waals surface area contributed by atoms with E-state index in [0.717, 1.165) is 6.61 Å². The molecule has 0 aromatic carbocycles. The summed E-state index contributed by atoms with van der Waals surface area (Å²) in [5.74, 6) is 0. The van der Waals surface area contributed by atoms with Crippen molar-refractivity contribution in [3.63, 3.8) is 0 Å². The Balaban J connectivity index is 2.25. The van der Waals surface area contributed by atoms with E-state index in [1.165, 1.54) is 26.2 Å². The lowest BCUT2D eigenvalue weighted by Crippen LogP contribution is -2.49. The second kappa shape index (κ2) is 5.28. The molecule has 1 atom stereocenters. The number of rotatable bonds is 3. The molecule has 0 radical (unpaired) electrons. The van der Waals surface area contributed by atoms with Gasteiger partial charge in [0.1, 0.15) is 0 Å². The van der Waals surface area contributed by atoms with E-state index in [1.54, 1.807) is 0 Å². The molecular weight excluding hydrogens is 188 g/mol. The average molecular weight is 214 g/mol. The number of ether oxygens (including phenoxy) is 1. The number of nitrogens with zero attached hydrogens (tertiary/aromatic N) is 2. The molecule has 0 aromatic rings. The molecule has 1 saturated heterocycles. The Morgan fingerprint density at radius 1 is 1.13 bits per heavy atom. The number of piperazine rings is 1. The van der Waals surface area contributed by atoms with Gasteiger partial charge in [0.2, 0.25) is 0 Å². The molecule has 90 valence electrons. The Hall–Kier alpha value is -0.120. The summed E-state index contributed by atoms with van der Waals surface area (Å²) >= 11 is 0. The third-order valence-corrected chi connectivity index (χ3v) is 2.92. The van der Waals surface area contributed by atoms with Gasteiger partial charge in [0.05, 0.1) is 12.2 Å². The summed E-state index contributed by atoms with van der Waals surface area (Å²) in [5, 5.41) is 0. The van der Waals surface area contributed by atoms with Crippen molar-refractivity contribution in [2.75, 3.05) is 39.8 Å². The number of likely N-dealkylation sites (N-methyl/N-ethyl adjacent to an activating group) is 1. The summed E-state index contributed by atoms with van der Waals surface area (Å²) in [4.78, 5) is 4.90. The van der Waals surface area contributed by atoms with Crippen molar-refractivity contribution in [2.45, 2.75) is 39.3 Å². The van der Waals surface area contributed by atoms with Gasteiger partial charge in [-0.2, -0.15) is 0 Å². The second-order valence-electron chi connectivity index (χ2n) is 5.61. The lowest BCUT2D eigenvalue weighted by molar-refractivity contribution is -0.0373. The van der Waals surface area contributed by atoms with Crippen LogP contribution in [0.5, 0.6) is 0 Å². The lowest BCUT2D eigenvalue weighted by Gasteiger charge is -2.37. The molecule has 0 amide bonds. The standard InChI is InChI=1S/C12H26N2O/c1-11(10-15-12(2,3)4)14-8-6-13(5)7-9-14/h11H,6-10H2,1-5H3. The highest BCUT2D eigenvalue weighted by atomic mass is 16.5. The molecule has 1 aliphatic rings. The van der Waals surface area contributed by atoms with Gasteiger partial charge in [-0.3, -0.25) is 4.90 Å². The van der Waals surface area contributed by atoms with Crippen molar-refractivity contribution < 1.29 is 4.74 Å². The molecule has 0 aliphatic carbocycles. The summed E-state index contributed by atoms with van der Waals surface area (Å²) in [6.07, 6.45) is 0. The van der Waals surface area contributed by atoms with Crippen LogP contribution in [-0.4, -0.2) is 61.3 Å². The summed E-state index contributed by atoms with van der Waals surface area (Å²) in [6.45, 7) is 14.2. The van der Waals surface area contributed by atoms with E-state index in [9.17, 15) is 0 Å². The lowest BCUT2D eigenvalue weighted by atomic mass is 10.2. The van der Waals surface area contributed by atoms with Gasteiger partial charge in [-0.1, -0.05) is 0 Å². The van der Waals surface area contributed by atoms with Crippen LogP contribution >= 0.6 is 0 Å². The minimum absolute atomic E-state index is 0.0131. The van der Waals surface area contributed by atoms with Gasteiger partial charge in [-0.05, 0) is 34.7 Å². The predicted octanol–water partition coefficient (Wildman–Crippen LogP) is 1.44. The van der Waals surface area contributed by atoms with E-state index in [0.29, 0.717) is 6.04 Å². The first-order chi connectivity index (χ1) is 6.88. The minimum atomic E-state index is -0.0131. The number of hydrogen-bond donors (Lipinski definition) is 0. The molecule has 0 aromatic heterocycles. The second-order valence-corrected chi connectivity index (χ2v) is 5.61. The fourth-order valence-electron chi connectivity index (χ4n) is 1.74. The first kappa shape index (κ1) is 12.9. The summed E-state index contributed by atoms with van der Waals surface area (Å²) in [6, 6.07) is 0.540. The van der Waals surface area contributed by atoms with Crippen molar-refractivity contribution in [3.05, 3.63) is 0 Å². The highest BCUT2D eigenvalue weighted by Gasteiger charge is 2.20. The first-order valence-corrected chi connectivity index (χ1v) is 5.95. The molecule has 1 unspecified atom stereocenters. The molecule has 1 aliphatic heterocycles. The molecule has 0 spiro atoms. The molecule has 0 N–H and O–H groups in total. The molecule has 3 heteroatoms. The van der Waals surface area contributed by atoms with E-state index in [4.69, 9.17) is 4.74 Å². The predicted molar refractivity (Wildman–Crippen MR) is 64.2 cm³/mol. The Bertz CT molecular complexity index is 181. The molecule has 15 heavy (non-hydrogen) atoms. The Morgan fingerprint density at radius 3 is 2.13 bits per heavy atom. The molecule has 1 fully saturated rings. The zero-order chi connectivity index (χ0) is 11.5. The fourth-order valence-corrected chi connectivity index (χ4v) is 1.74. The SMILES string of the molecule is CC(COC(C)(C)C)N1CCN(C)CC1. The monoisotopic (exact) mass is 214 g/mol. The zero-order valence-corrected chi connectivity index (χ0v) is 10.9. The fraction of sp³-hybridized carbons (Fsp3) is 1.00. The summed E-state index contributed by atoms with van der Waals surface area (Å²) < 4.78 is 5.82. The zero-order valence-electron chi connectivity index (χ0n) is 10.9. The van der Waals surface area contributed by atoms with Crippen LogP contribution in [0.25, 0.3) is 0 Å². The van der Waals surface area contributed by atoms with Crippen LogP contribution < -0.4 is 0 Å². The largest absolute Gasteiger partial charge is 0.374 e. The minimum Gasteiger partial charge on any atom is -0.374 e. The maximum absolute atomic E-state index is 5.82. The topological polar surface area (TPSA) is 15.7 Å². The van der Waals surface area contributed by atoms with E-state index >= 15 is 0 Å². The molecule has 0 bridgehead atoms. The van der Waals surface area contributed by atoms with Gasteiger partial charge in [-0.15, -0.1) is 0 Å². The van der Waals surface area contributed by atoms with E-state index in [1.807, 2.05) is 0 Å². The van der Waals surface area contributed by atoms with Crippen LogP contribution in [0.3, 0.4) is 0 Å². The summed E-state index contributed by atoms with van der Waals surface area (Å²) in [7, 11) is 2.19. The van der Waals surface area contributed by atoms with Crippen LogP contribution in [-0.2, 0) is 4.74 Å². The van der Waals surface area contributed by atoms with E-state index in [-0.39, 0.29) is 5.60 Å². The Kier molecular flexibility index (Phi) is 4.56. The number of hydrogen-bond acceptors (Lipinski definition) is 3. The molecule has 3 nitrogen and oxygen atoms in total. The van der Waals surface area contributed by atoms with Crippen LogP contribution in [0, 0.1) is 0 Å².